The zero-order valence-electron chi connectivity index (χ0n) is 9.88. The molecule has 0 aliphatic carbocycles. The molecule has 0 bridgehead atoms. The van der Waals surface area contributed by atoms with Crippen molar-refractivity contribution in [3.8, 4) is 0 Å². The van der Waals surface area contributed by atoms with Crippen LogP contribution in [-0.4, -0.2) is 5.91 Å². The molecule has 0 aromatic heterocycles. The first-order valence-electron chi connectivity index (χ1n) is 5.39. The maximum absolute atomic E-state index is 13.5. The van der Waals surface area contributed by atoms with Gasteiger partial charge in [0.15, 0.2) is 0 Å². The van der Waals surface area contributed by atoms with E-state index in [-0.39, 0.29) is 15.8 Å². The van der Waals surface area contributed by atoms with Crippen LogP contribution in [0.1, 0.15) is 10.4 Å². The summed E-state index contributed by atoms with van der Waals surface area (Å²) in [5, 5.41) is 2.30. The maximum atomic E-state index is 13.5. The topological polar surface area (TPSA) is 55.1 Å². The largest absolute Gasteiger partial charge is 0.396 e. The average molecular weight is 345 g/mol. The lowest BCUT2D eigenvalue weighted by Crippen LogP contribution is -2.15. The van der Waals surface area contributed by atoms with E-state index in [4.69, 9.17) is 5.73 Å². The molecule has 0 aliphatic rings. The van der Waals surface area contributed by atoms with E-state index in [0.717, 1.165) is 12.1 Å². The minimum Gasteiger partial charge on any atom is -0.396 e. The summed E-state index contributed by atoms with van der Waals surface area (Å²) >= 11 is 2.96. The Kier molecular flexibility index (Phi) is 3.99. The summed E-state index contributed by atoms with van der Waals surface area (Å²) < 4.78 is 40.0. The highest BCUT2D eigenvalue weighted by atomic mass is 79.9. The van der Waals surface area contributed by atoms with Crippen LogP contribution in [0.25, 0.3) is 0 Å². The Morgan fingerprint density at radius 3 is 2.40 bits per heavy atom. The van der Waals surface area contributed by atoms with E-state index in [2.05, 4.69) is 21.2 Å². The lowest BCUT2D eigenvalue weighted by atomic mass is 10.1. The summed E-state index contributed by atoms with van der Waals surface area (Å²) in [5.74, 6) is -3.43. The van der Waals surface area contributed by atoms with E-state index in [1.54, 1.807) is 0 Å². The standard InChI is InChI=1S/C13H8BrF3N2O/c14-8-2-1-6(3-10(8)16)19-13(20)7-4-12(18)11(17)5-9(7)15/h1-5H,18H2,(H,19,20). The molecule has 0 atom stereocenters. The molecule has 1 amide bonds. The van der Waals surface area contributed by atoms with Crippen molar-refractivity contribution < 1.29 is 18.0 Å². The zero-order valence-corrected chi connectivity index (χ0v) is 11.5. The number of benzene rings is 2. The van der Waals surface area contributed by atoms with Crippen LogP contribution in [-0.2, 0) is 0 Å². The Labute approximate surface area is 120 Å². The third-order valence-electron chi connectivity index (χ3n) is 2.51. The number of carbonyl (C=O) groups excluding carboxylic acids is 1. The van der Waals surface area contributed by atoms with Gasteiger partial charge in [-0.3, -0.25) is 4.79 Å². The van der Waals surface area contributed by atoms with Crippen LogP contribution < -0.4 is 11.1 Å². The van der Waals surface area contributed by atoms with E-state index in [0.29, 0.717) is 6.07 Å². The van der Waals surface area contributed by atoms with Gasteiger partial charge >= 0.3 is 0 Å². The summed E-state index contributed by atoms with van der Waals surface area (Å²) in [5.41, 5.74) is 4.64. The zero-order chi connectivity index (χ0) is 14.9. The number of nitrogens with one attached hydrogen (secondary N) is 1. The number of carbonyl (C=O) groups is 1. The van der Waals surface area contributed by atoms with Crippen LogP contribution in [0.3, 0.4) is 0 Å². The van der Waals surface area contributed by atoms with Crippen molar-refractivity contribution in [3.63, 3.8) is 0 Å². The Morgan fingerprint density at radius 1 is 1.05 bits per heavy atom. The second-order valence-electron chi connectivity index (χ2n) is 3.94. The third kappa shape index (κ3) is 2.93. The summed E-state index contributed by atoms with van der Waals surface area (Å²) in [4.78, 5) is 11.8. The van der Waals surface area contributed by atoms with Crippen LogP contribution in [0.15, 0.2) is 34.8 Å². The van der Waals surface area contributed by atoms with Crippen molar-refractivity contribution >= 4 is 33.2 Å². The second kappa shape index (κ2) is 5.54. The van der Waals surface area contributed by atoms with Gasteiger partial charge in [0.25, 0.3) is 5.91 Å². The predicted molar refractivity (Wildman–Crippen MR) is 72.8 cm³/mol. The second-order valence-corrected chi connectivity index (χ2v) is 4.79. The van der Waals surface area contributed by atoms with Gasteiger partial charge in [0.2, 0.25) is 0 Å². The summed E-state index contributed by atoms with van der Waals surface area (Å²) in [6, 6.07) is 5.28. The molecule has 0 spiro atoms. The fraction of sp³-hybridized carbons (Fsp3) is 0. The molecule has 7 heteroatoms. The Balaban J connectivity index is 2.28. The molecule has 0 heterocycles. The van der Waals surface area contributed by atoms with E-state index >= 15 is 0 Å². The fourth-order valence-electron chi connectivity index (χ4n) is 1.51. The van der Waals surface area contributed by atoms with Gasteiger partial charge in [0.05, 0.1) is 15.7 Å². The molecule has 2 rings (SSSR count). The van der Waals surface area contributed by atoms with Gasteiger partial charge in [-0.05, 0) is 40.2 Å². The SMILES string of the molecule is Nc1cc(C(=O)Nc2ccc(Br)c(F)c2)c(F)cc1F. The molecule has 0 saturated carbocycles. The van der Waals surface area contributed by atoms with Gasteiger partial charge in [-0.15, -0.1) is 0 Å². The quantitative estimate of drug-likeness (QED) is 0.816. The molecule has 20 heavy (non-hydrogen) atoms. The van der Waals surface area contributed by atoms with Crippen molar-refractivity contribution in [2.24, 2.45) is 0 Å². The number of halogens is 4. The lowest BCUT2D eigenvalue weighted by Gasteiger charge is -2.08. The Bertz CT molecular complexity index is 692. The smallest absolute Gasteiger partial charge is 0.258 e. The molecule has 0 fully saturated rings. The molecule has 104 valence electrons. The highest BCUT2D eigenvalue weighted by Gasteiger charge is 2.15. The number of anilines is 2. The summed E-state index contributed by atoms with van der Waals surface area (Å²) in [6.07, 6.45) is 0. The Morgan fingerprint density at radius 2 is 1.75 bits per heavy atom. The van der Waals surface area contributed by atoms with E-state index in [1.807, 2.05) is 0 Å². The van der Waals surface area contributed by atoms with Gasteiger partial charge in [-0.2, -0.15) is 0 Å². The molecular weight excluding hydrogens is 337 g/mol. The van der Waals surface area contributed by atoms with Crippen LogP contribution in [0.5, 0.6) is 0 Å². The number of rotatable bonds is 2. The number of hydrogen-bond donors (Lipinski definition) is 2. The van der Waals surface area contributed by atoms with Gasteiger partial charge in [-0.25, -0.2) is 13.2 Å². The van der Waals surface area contributed by atoms with E-state index < -0.39 is 28.9 Å². The molecule has 0 aliphatic heterocycles. The monoisotopic (exact) mass is 344 g/mol. The highest BCUT2D eigenvalue weighted by molar-refractivity contribution is 9.10. The van der Waals surface area contributed by atoms with E-state index in [9.17, 15) is 18.0 Å². The first-order valence-corrected chi connectivity index (χ1v) is 6.18. The van der Waals surface area contributed by atoms with Crippen LogP contribution in [0.2, 0.25) is 0 Å². The molecule has 0 radical (unpaired) electrons. The van der Waals surface area contributed by atoms with Crippen molar-refractivity contribution in [3.05, 3.63) is 57.8 Å². The minimum atomic E-state index is -1.05. The van der Waals surface area contributed by atoms with Gasteiger partial charge < -0.3 is 11.1 Å². The van der Waals surface area contributed by atoms with Crippen LogP contribution in [0, 0.1) is 17.5 Å². The molecule has 0 saturated heterocycles. The third-order valence-corrected chi connectivity index (χ3v) is 3.15. The predicted octanol–water partition coefficient (Wildman–Crippen LogP) is 3.70. The normalized spacial score (nSPS) is 10.4. The van der Waals surface area contributed by atoms with Gasteiger partial charge in [-0.1, -0.05) is 0 Å². The molecule has 0 unspecified atom stereocenters. The molecule has 3 nitrogen and oxygen atoms in total. The number of amides is 1. The number of nitrogens with two attached hydrogens (primary N) is 1. The average Bonchev–Trinajstić information content (AvgIpc) is 2.38. The minimum absolute atomic E-state index is 0.137. The fourth-order valence-corrected chi connectivity index (χ4v) is 1.76. The molecule has 3 N–H and O–H groups in total. The lowest BCUT2D eigenvalue weighted by molar-refractivity contribution is 0.102. The molecule has 2 aromatic rings. The van der Waals surface area contributed by atoms with Crippen molar-refractivity contribution in [2.75, 3.05) is 11.1 Å². The molecule has 2 aromatic carbocycles. The van der Waals surface area contributed by atoms with Crippen LogP contribution >= 0.6 is 15.9 Å². The first kappa shape index (κ1) is 14.4. The number of nitrogen functional groups attached to an aromatic ring is 1. The number of hydrogen-bond acceptors (Lipinski definition) is 2. The van der Waals surface area contributed by atoms with Crippen molar-refractivity contribution in [2.45, 2.75) is 0 Å². The summed E-state index contributed by atoms with van der Waals surface area (Å²) in [7, 11) is 0. The Hall–Kier alpha value is -2.02. The van der Waals surface area contributed by atoms with Gasteiger partial charge in [0.1, 0.15) is 17.5 Å². The van der Waals surface area contributed by atoms with Crippen molar-refractivity contribution in [1.29, 1.82) is 0 Å². The van der Waals surface area contributed by atoms with Crippen LogP contribution in [0.4, 0.5) is 24.5 Å². The summed E-state index contributed by atoms with van der Waals surface area (Å²) in [6.45, 7) is 0. The van der Waals surface area contributed by atoms with Crippen molar-refractivity contribution in [1.82, 2.24) is 0 Å². The molecular formula is C13H8BrF3N2O. The highest BCUT2D eigenvalue weighted by Crippen LogP contribution is 2.21. The van der Waals surface area contributed by atoms with Gasteiger partial charge in [0, 0.05) is 11.8 Å². The van der Waals surface area contributed by atoms with E-state index in [1.165, 1.54) is 12.1 Å². The first-order chi connectivity index (χ1) is 9.38. The maximum Gasteiger partial charge on any atom is 0.258 e.